The lowest BCUT2D eigenvalue weighted by molar-refractivity contribution is -0.137. The molecule has 0 aliphatic rings. The van der Waals surface area contributed by atoms with E-state index in [0.717, 1.165) is 0 Å². The van der Waals surface area contributed by atoms with Crippen LogP contribution >= 0.6 is 0 Å². The summed E-state index contributed by atoms with van der Waals surface area (Å²) < 4.78 is 50.6. The van der Waals surface area contributed by atoms with Crippen LogP contribution in [0.5, 0.6) is 0 Å². The Kier molecular flexibility index (Phi) is 4.13. The van der Waals surface area contributed by atoms with E-state index in [1.54, 1.807) is 0 Å². The van der Waals surface area contributed by atoms with Crippen LogP contribution in [0.2, 0.25) is 0 Å². The van der Waals surface area contributed by atoms with Crippen LogP contribution < -0.4 is 11.1 Å². The van der Waals surface area contributed by atoms with Crippen LogP contribution in [0, 0.1) is 5.82 Å². The number of nitrogens with one attached hydrogen (secondary N) is 1. The van der Waals surface area contributed by atoms with Gasteiger partial charge in [-0.25, -0.2) is 4.39 Å². The van der Waals surface area contributed by atoms with Crippen LogP contribution in [-0.2, 0) is 11.0 Å². The van der Waals surface area contributed by atoms with Gasteiger partial charge in [-0.1, -0.05) is 0 Å². The molecule has 8 heteroatoms. The molecule has 1 aromatic rings. The van der Waals surface area contributed by atoms with E-state index in [9.17, 15) is 27.2 Å². The average molecular weight is 278 g/mol. The van der Waals surface area contributed by atoms with Crippen LogP contribution in [0.25, 0.3) is 0 Å². The molecule has 0 spiro atoms. The van der Waals surface area contributed by atoms with Crippen LogP contribution in [0.4, 0.5) is 17.6 Å². The highest BCUT2D eigenvalue weighted by Gasteiger charge is 2.32. The van der Waals surface area contributed by atoms with Crippen molar-refractivity contribution in [3.05, 3.63) is 35.1 Å². The predicted molar refractivity (Wildman–Crippen MR) is 57.5 cm³/mol. The Bertz CT molecular complexity index is 514. The first-order valence-corrected chi connectivity index (χ1v) is 5.10. The fraction of sp³-hybridized carbons (Fsp3) is 0.273. The maximum absolute atomic E-state index is 13.3. The number of hydrogen-bond acceptors (Lipinski definition) is 2. The molecule has 1 rings (SSSR count). The van der Waals surface area contributed by atoms with Crippen molar-refractivity contribution in [3.8, 4) is 0 Å². The fourth-order valence-electron chi connectivity index (χ4n) is 1.22. The van der Waals surface area contributed by atoms with E-state index >= 15 is 0 Å². The third kappa shape index (κ3) is 3.67. The zero-order valence-corrected chi connectivity index (χ0v) is 9.72. The summed E-state index contributed by atoms with van der Waals surface area (Å²) in [6, 6.07) is 0.302. The molecule has 2 amide bonds. The first-order chi connectivity index (χ1) is 8.62. The number of alkyl halides is 3. The normalized spacial score (nSPS) is 12.9. The van der Waals surface area contributed by atoms with Crippen LogP contribution in [0.15, 0.2) is 18.2 Å². The quantitative estimate of drug-likeness (QED) is 0.821. The topological polar surface area (TPSA) is 72.2 Å². The molecule has 0 bridgehead atoms. The van der Waals surface area contributed by atoms with E-state index in [0.29, 0.717) is 18.2 Å². The number of rotatable bonds is 3. The van der Waals surface area contributed by atoms with Gasteiger partial charge in [0, 0.05) is 0 Å². The number of carbonyl (C=O) groups is 2. The minimum Gasteiger partial charge on any atom is -0.368 e. The Morgan fingerprint density at radius 1 is 1.32 bits per heavy atom. The minimum absolute atomic E-state index is 0.373. The van der Waals surface area contributed by atoms with E-state index in [1.165, 1.54) is 6.92 Å². The van der Waals surface area contributed by atoms with E-state index in [2.05, 4.69) is 0 Å². The molecule has 3 N–H and O–H groups in total. The Morgan fingerprint density at radius 2 is 1.89 bits per heavy atom. The largest absolute Gasteiger partial charge is 0.416 e. The molecule has 1 atom stereocenters. The molecular weight excluding hydrogens is 268 g/mol. The highest BCUT2D eigenvalue weighted by molar-refractivity contribution is 5.97. The summed E-state index contributed by atoms with van der Waals surface area (Å²) in [5, 5.41) is 1.99. The van der Waals surface area contributed by atoms with Crippen molar-refractivity contribution in [3.63, 3.8) is 0 Å². The highest BCUT2D eigenvalue weighted by atomic mass is 19.4. The SMILES string of the molecule is CC(NC(=O)c1cc(C(F)(F)F)ccc1F)C(N)=O. The zero-order chi connectivity index (χ0) is 14.8. The molecule has 0 aliphatic heterocycles. The summed E-state index contributed by atoms with van der Waals surface area (Å²) in [7, 11) is 0. The number of carbonyl (C=O) groups excluding carboxylic acids is 2. The van der Waals surface area contributed by atoms with Crippen LogP contribution in [0.3, 0.4) is 0 Å². The van der Waals surface area contributed by atoms with Crippen molar-refractivity contribution in [1.82, 2.24) is 5.32 Å². The lowest BCUT2D eigenvalue weighted by Crippen LogP contribution is -2.42. The lowest BCUT2D eigenvalue weighted by atomic mass is 10.1. The van der Waals surface area contributed by atoms with Gasteiger partial charge in [0.05, 0.1) is 11.1 Å². The minimum atomic E-state index is -4.70. The molecule has 19 heavy (non-hydrogen) atoms. The summed E-state index contributed by atoms with van der Waals surface area (Å²) in [6.07, 6.45) is -4.70. The summed E-state index contributed by atoms with van der Waals surface area (Å²) in [4.78, 5) is 22.2. The van der Waals surface area contributed by atoms with Crippen molar-refractivity contribution in [2.24, 2.45) is 5.73 Å². The van der Waals surface area contributed by atoms with Crippen molar-refractivity contribution in [2.75, 3.05) is 0 Å². The maximum atomic E-state index is 13.3. The summed E-state index contributed by atoms with van der Waals surface area (Å²) in [5.41, 5.74) is 2.91. The summed E-state index contributed by atoms with van der Waals surface area (Å²) >= 11 is 0. The van der Waals surface area contributed by atoms with Crippen molar-refractivity contribution >= 4 is 11.8 Å². The molecule has 1 aromatic carbocycles. The molecule has 0 saturated carbocycles. The van der Waals surface area contributed by atoms with Crippen LogP contribution in [-0.4, -0.2) is 17.9 Å². The van der Waals surface area contributed by atoms with E-state index in [-0.39, 0.29) is 0 Å². The molecule has 0 radical (unpaired) electrons. The molecule has 0 heterocycles. The van der Waals surface area contributed by atoms with Gasteiger partial charge in [-0.15, -0.1) is 0 Å². The highest BCUT2D eigenvalue weighted by Crippen LogP contribution is 2.30. The number of amides is 2. The predicted octanol–water partition coefficient (Wildman–Crippen LogP) is 1.45. The van der Waals surface area contributed by atoms with Gasteiger partial charge in [0.2, 0.25) is 5.91 Å². The number of halogens is 4. The smallest absolute Gasteiger partial charge is 0.368 e. The Balaban J connectivity index is 3.06. The number of primary amides is 1. The molecule has 104 valence electrons. The van der Waals surface area contributed by atoms with E-state index in [4.69, 9.17) is 5.73 Å². The van der Waals surface area contributed by atoms with Gasteiger partial charge >= 0.3 is 6.18 Å². The maximum Gasteiger partial charge on any atom is 0.416 e. The molecule has 0 saturated heterocycles. The van der Waals surface area contributed by atoms with Gasteiger partial charge in [-0.3, -0.25) is 9.59 Å². The van der Waals surface area contributed by atoms with Gasteiger partial charge in [0.25, 0.3) is 5.91 Å². The third-order valence-electron chi connectivity index (χ3n) is 2.31. The van der Waals surface area contributed by atoms with E-state index < -0.39 is 41.0 Å². The molecule has 0 aromatic heterocycles. The Hall–Kier alpha value is -2.12. The second-order valence-electron chi connectivity index (χ2n) is 3.79. The first kappa shape index (κ1) is 14.9. The molecule has 1 unspecified atom stereocenters. The van der Waals surface area contributed by atoms with Crippen molar-refractivity contribution in [1.29, 1.82) is 0 Å². The Labute approximate surface area is 105 Å². The van der Waals surface area contributed by atoms with Gasteiger partial charge in [0.1, 0.15) is 11.9 Å². The molecule has 0 aliphatic carbocycles. The van der Waals surface area contributed by atoms with Crippen LogP contribution in [0.1, 0.15) is 22.8 Å². The molecular formula is C11H10F4N2O2. The standard InChI is InChI=1S/C11H10F4N2O2/c1-5(9(16)18)17-10(19)7-4-6(11(13,14)15)2-3-8(7)12/h2-5H,1H3,(H2,16,18)(H,17,19). The zero-order valence-electron chi connectivity index (χ0n) is 9.72. The number of hydrogen-bond donors (Lipinski definition) is 2. The molecule has 0 fully saturated rings. The van der Waals surface area contributed by atoms with Gasteiger partial charge in [-0.2, -0.15) is 13.2 Å². The third-order valence-corrected chi connectivity index (χ3v) is 2.31. The van der Waals surface area contributed by atoms with Crippen molar-refractivity contribution in [2.45, 2.75) is 19.1 Å². The summed E-state index contributed by atoms with van der Waals surface area (Å²) in [5.74, 6) is -3.15. The van der Waals surface area contributed by atoms with Gasteiger partial charge < -0.3 is 11.1 Å². The van der Waals surface area contributed by atoms with Crippen molar-refractivity contribution < 1.29 is 27.2 Å². The summed E-state index contributed by atoms with van der Waals surface area (Å²) in [6.45, 7) is 1.23. The van der Waals surface area contributed by atoms with Gasteiger partial charge in [-0.05, 0) is 25.1 Å². The number of benzene rings is 1. The average Bonchev–Trinajstić information content (AvgIpc) is 2.27. The second-order valence-corrected chi connectivity index (χ2v) is 3.79. The number of nitrogens with two attached hydrogens (primary N) is 1. The molecule has 4 nitrogen and oxygen atoms in total. The monoisotopic (exact) mass is 278 g/mol. The first-order valence-electron chi connectivity index (χ1n) is 5.10. The van der Waals surface area contributed by atoms with Gasteiger partial charge in [0.15, 0.2) is 0 Å². The second kappa shape index (κ2) is 5.25. The van der Waals surface area contributed by atoms with E-state index in [1.807, 2.05) is 5.32 Å². The lowest BCUT2D eigenvalue weighted by Gasteiger charge is -2.12. The Morgan fingerprint density at radius 3 is 2.37 bits per heavy atom. The fourth-order valence-corrected chi connectivity index (χ4v) is 1.22.